The molecule has 1 aliphatic carbocycles. The number of rotatable bonds is 3. The average Bonchev–Trinajstić information content (AvgIpc) is 2.81. The van der Waals surface area contributed by atoms with Crippen LogP contribution in [-0.2, 0) is 11.3 Å². The predicted molar refractivity (Wildman–Crippen MR) is 98.9 cm³/mol. The molecule has 1 saturated heterocycles. The minimum Gasteiger partial charge on any atom is -0.340 e. The SMILES string of the molecule is Cc1sc2nc(CN3CCN(C(=O)C4CCC4)CC3)[nH]c(=O)c2c1C. The smallest absolute Gasteiger partial charge is 0.259 e. The number of piperazine rings is 1. The Kier molecular flexibility index (Phi) is 4.37. The monoisotopic (exact) mass is 360 g/mol. The third-order valence-electron chi connectivity index (χ3n) is 5.60. The third kappa shape index (κ3) is 3.11. The van der Waals surface area contributed by atoms with Gasteiger partial charge in [0.15, 0.2) is 0 Å². The second kappa shape index (κ2) is 6.53. The number of carbonyl (C=O) groups is 1. The molecule has 1 aliphatic heterocycles. The molecule has 1 amide bonds. The summed E-state index contributed by atoms with van der Waals surface area (Å²) in [5.41, 5.74) is 0.990. The van der Waals surface area contributed by atoms with Gasteiger partial charge in [0.25, 0.3) is 5.56 Å². The Bertz CT molecular complexity index is 860. The van der Waals surface area contributed by atoms with Crippen molar-refractivity contribution in [2.75, 3.05) is 26.2 Å². The topological polar surface area (TPSA) is 69.3 Å². The lowest BCUT2D eigenvalue weighted by Gasteiger charge is -2.38. The van der Waals surface area contributed by atoms with Gasteiger partial charge in [0.1, 0.15) is 10.7 Å². The van der Waals surface area contributed by atoms with Gasteiger partial charge in [-0.25, -0.2) is 4.98 Å². The number of carbonyl (C=O) groups excluding carboxylic acids is 1. The molecule has 0 aromatic carbocycles. The van der Waals surface area contributed by atoms with E-state index in [2.05, 4.69) is 14.9 Å². The van der Waals surface area contributed by atoms with Crippen LogP contribution in [0.15, 0.2) is 4.79 Å². The quantitative estimate of drug-likeness (QED) is 0.909. The first-order chi connectivity index (χ1) is 12.0. The summed E-state index contributed by atoms with van der Waals surface area (Å²) in [5, 5.41) is 0.724. The third-order valence-corrected chi connectivity index (χ3v) is 6.70. The number of hydrogen-bond acceptors (Lipinski definition) is 5. The molecule has 0 unspecified atom stereocenters. The molecule has 0 atom stereocenters. The molecule has 25 heavy (non-hydrogen) atoms. The second-order valence-electron chi connectivity index (χ2n) is 7.21. The fraction of sp³-hybridized carbons (Fsp3) is 0.611. The highest BCUT2D eigenvalue weighted by Crippen LogP contribution is 2.29. The van der Waals surface area contributed by atoms with Gasteiger partial charge in [0.2, 0.25) is 5.91 Å². The van der Waals surface area contributed by atoms with E-state index in [9.17, 15) is 9.59 Å². The van der Waals surface area contributed by atoms with Crippen LogP contribution in [-0.4, -0.2) is 51.9 Å². The van der Waals surface area contributed by atoms with E-state index in [4.69, 9.17) is 0 Å². The zero-order valence-corrected chi connectivity index (χ0v) is 15.6. The molecular weight excluding hydrogens is 336 g/mol. The zero-order chi connectivity index (χ0) is 17.6. The molecular formula is C18H24N4O2S. The van der Waals surface area contributed by atoms with E-state index in [1.807, 2.05) is 18.7 Å². The molecule has 4 rings (SSSR count). The van der Waals surface area contributed by atoms with Crippen LogP contribution in [0.2, 0.25) is 0 Å². The first kappa shape index (κ1) is 16.7. The Labute approximate surface area is 150 Å². The molecule has 0 spiro atoms. The first-order valence-electron chi connectivity index (χ1n) is 9.03. The van der Waals surface area contributed by atoms with Crippen LogP contribution < -0.4 is 5.56 Å². The first-order valence-corrected chi connectivity index (χ1v) is 9.84. The van der Waals surface area contributed by atoms with Gasteiger partial charge in [-0.15, -0.1) is 11.3 Å². The van der Waals surface area contributed by atoms with Gasteiger partial charge in [-0.05, 0) is 32.3 Å². The summed E-state index contributed by atoms with van der Waals surface area (Å²) in [5.74, 6) is 1.33. The molecule has 7 heteroatoms. The van der Waals surface area contributed by atoms with Crippen molar-refractivity contribution in [3.8, 4) is 0 Å². The number of aromatic amines is 1. The van der Waals surface area contributed by atoms with Gasteiger partial charge in [-0.1, -0.05) is 6.42 Å². The summed E-state index contributed by atoms with van der Waals surface area (Å²) >= 11 is 1.58. The number of aryl methyl sites for hydroxylation is 2. The van der Waals surface area contributed by atoms with Gasteiger partial charge >= 0.3 is 0 Å². The Morgan fingerprint density at radius 1 is 1.24 bits per heavy atom. The number of nitrogens with one attached hydrogen (secondary N) is 1. The lowest BCUT2D eigenvalue weighted by molar-refractivity contribution is -0.140. The van der Waals surface area contributed by atoms with Crippen molar-refractivity contribution in [2.24, 2.45) is 5.92 Å². The van der Waals surface area contributed by atoms with Gasteiger partial charge < -0.3 is 9.88 Å². The maximum atomic E-state index is 12.4. The molecule has 6 nitrogen and oxygen atoms in total. The summed E-state index contributed by atoms with van der Waals surface area (Å²) in [7, 11) is 0. The van der Waals surface area contributed by atoms with E-state index in [-0.39, 0.29) is 11.5 Å². The second-order valence-corrected chi connectivity index (χ2v) is 8.41. The zero-order valence-electron chi connectivity index (χ0n) is 14.8. The van der Waals surface area contributed by atoms with Crippen LogP contribution >= 0.6 is 11.3 Å². The Hall–Kier alpha value is -1.73. The highest BCUT2D eigenvalue weighted by atomic mass is 32.1. The van der Waals surface area contributed by atoms with Crippen molar-refractivity contribution < 1.29 is 4.79 Å². The van der Waals surface area contributed by atoms with E-state index in [1.54, 1.807) is 11.3 Å². The van der Waals surface area contributed by atoms with Crippen LogP contribution in [0.4, 0.5) is 0 Å². The number of H-pyrrole nitrogens is 1. The summed E-state index contributed by atoms with van der Waals surface area (Å²) in [6, 6.07) is 0. The molecule has 134 valence electrons. The molecule has 2 fully saturated rings. The van der Waals surface area contributed by atoms with Crippen molar-refractivity contribution in [2.45, 2.75) is 39.7 Å². The molecule has 3 heterocycles. The highest BCUT2D eigenvalue weighted by molar-refractivity contribution is 7.18. The van der Waals surface area contributed by atoms with Gasteiger partial charge in [-0.2, -0.15) is 0 Å². The average molecular weight is 360 g/mol. The fourth-order valence-electron chi connectivity index (χ4n) is 3.63. The van der Waals surface area contributed by atoms with E-state index < -0.39 is 0 Å². The summed E-state index contributed by atoms with van der Waals surface area (Å²) in [4.78, 5) is 38.5. The highest BCUT2D eigenvalue weighted by Gasteiger charge is 2.31. The minimum absolute atomic E-state index is 0.0411. The van der Waals surface area contributed by atoms with Crippen molar-refractivity contribution >= 4 is 27.5 Å². The lowest BCUT2D eigenvalue weighted by Crippen LogP contribution is -2.50. The van der Waals surface area contributed by atoms with E-state index >= 15 is 0 Å². The van der Waals surface area contributed by atoms with E-state index in [0.29, 0.717) is 12.5 Å². The van der Waals surface area contributed by atoms with Crippen LogP contribution in [0.25, 0.3) is 10.2 Å². The van der Waals surface area contributed by atoms with Crippen LogP contribution in [0.5, 0.6) is 0 Å². The largest absolute Gasteiger partial charge is 0.340 e. The van der Waals surface area contributed by atoms with Gasteiger partial charge in [-0.3, -0.25) is 14.5 Å². The number of thiophene rings is 1. The number of nitrogens with zero attached hydrogens (tertiary/aromatic N) is 3. The van der Waals surface area contributed by atoms with Crippen molar-refractivity contribution in [3.05, 3.63) is 26.6 Å². The normalized spacial score (nSPS) is 19.4. The Morgan fingerprint density at radius 3 is 2.60 bits per heavy atom. The van der Waals surface area contributed by atoms with Gasteiger partial charge in [0, 0.05) is 37.0 Å². The maximum absolute atomic E-state index is 12.4. The molecule has 2 aliphatic rings. The van der Waals surface area contributed by atoms with E-state index in [0.717, 1.165) is 65.5 Å². The maximum Gasteiger partial charge on any atom is 0.259 e. The number of fused-ring (bicyclic) bond motifs is 1. The lowest BCUT2D eigenvalue weighted by atomic mass is 9.84. The van der Waals surface area contributed by atoms with Crippen LogP contribution in [0.3, 0.4) is 0 Å². The standard InChI is InChI=1S/C18H24N4O2S/c1-11-12(2)25-17-15(11)16(23)19-14(20-17)10-21-6-8-22(9-7-21)18(24)13-4-3-5-13/h13H,3-10H2,1-2H3,(H,19,20,23). The number of hydrogen-bond donors (Lipinski definition) is 1. The number of aromatic nitrogens is 2. The minimum atomic E-state index is -0.0411. The molecule has 1 N–H and O–H groups in total. The molecule has 2 aromatic rings. The predicted octanol–water partition coefficient (Wildman–Crippen LogP) is 2.05. The summed E-state index contributed by atoms with van der Waals surface area (Å²) < 4.78 is 0. The van der Waals surface area contributed by atoms with Crippen molar-refractivity contribution in [3.63, 3.8) is 0 Å². The Balaban J connectivity index is 1.42. The molecule has 2 aromatic heterocycles. The summed E-state index contributed by atoms with van der Waals surface area (Å²) in [6.07, 6.45) is 3.31. The van der Waals surface area contributed by atoms with Crippen LogP contribution in [0.1, 0.15) is 35.5 Å². The Morgan fingerprint density at radius 2 is 1.96 bits per heavy atom. The number of amides is 1. The molecule has 0 radical (unpaired) electrons. The van der Waals surface area contributed by atoms with E-state index in [1.165, 1.54) is 6.42 Å². The molecule has 1 saturated carbocycles. The molecule has 0 bridgehead atoms. The summed E-state index contributed by atoms with van der Waals surface area (Å²) in [6.45, 7) is 7.86. The van der Waals surface area contributed by atoms with Crippen molar-refractivity contribution in [1.29, 1.82) is 0 Å². The van der Waals surface area contributed by atoms with Crippen molar-refractivity contribution in [1.82, 2.24) is 19.8 Å². The van der Waals surface area contributed by atoms with Gasteiger partial charge in [0.05, 0.1) is 11.9 Å². The fourth-order valence-corrected chi connectivity index (χ4v) is 4.67. The van der Waals surface area contributed by atoms with Crippen LogP contribution in [0, 0.1) is 19.8 Å².